The van der Waals surface area contributed by atoms with Crippen molar-refractivity contribution in [2.45, 2.75) is 122 Å². The van der Waals surface area contributed by atoms with E-state index in [1.165, 1.54) is 51.4 Å². The number of carbonyl (C=O) groups excluding carboxylic acids is 2. The van der Waals surface area contributed by atoms with Crippen LogP contribution in [0.1, 0.15) is 116 Å². The van der Waals surface area contributed by atoms with E-state index >= 15 is 0 Å². The van der Waals surface area contributed by atoms with E-state index in [9.17, 15) is 9.59 Å². The summed E-state index contributed by atoms with van der Waals surface area (Å²) in [6.45, 7) is 4.52. The molecule has 1 aliphatic heterocycles. The van der Waals surface area contributed by atoms with Gasteiger partial charge in [0.1, 0.15) is 0 Å². The van der Waals surface area contributed by atoms with Crippen LogP contribution in [0.3, 0.4) is 0 Å². The number of nitrogens with zero attached hydrogens (tertiary/aromatic N) is 1. The molecule has 1 heterocycles. The second-order valence-electron chi connectivity index (χ2n) is 8.72. The van der Waals surface area contributed by atoms with Crippen molar-refractivity contribution in [1.82, 2.24) is 10.2 Å². The van der Waals surface area contributed by atoms with Crippen LogP contribution in [0.15, 0.2) is 0 Å². The van der Waals surface area contributed by atoms with E-state index in [1.807, 2.05) is 4.90 Å². The Morgan fingerprint density at radius 1 is 0.897 bits per heavy atom. The van der Waals surface area contributed by atoms with Gasteiger partial charge in [0.25, 0.3) is 0 Å². The third-order valence-corrected chi connectivity index (χ3v) is 6.07. The number of rotatable bonds is 18. The molecule has 0 spiro atoms. The van der Waals surface area contributed by atoms with Gasteiger partial charge in [0.05, 0.1) is 0 Å². The molecule has 1 aliphatic rings. The van der Waals surface area contributed by atoms with Crippen LogP contribution in [0.5, 0.6) is 0 Å². The molecule has 5 heteroatoms. The van der Waals surface area contributed by atoms with Crippen LogP contribution in [0, 0.1) is 0 Å². The monoisotopic (exact) mass is 409 g/mol. The van der Waals surface area contributed by atoms with Crippen molar-refractivity contribution in [1.29, 1.82) is 0 Å². The maximum Gasteiger partial charge on any atom is 0.222 e. The number of unbranched alkanes of at least 4 members (excludes halogenated alkanes) is 11. The number of hydrogen-bond acceptors (Lipinski definition) is 3. The summed E-state index contributed by atoms with van der Waals surface area (Å²) < 4.78 is 0. The van der Waals surface area contributed by atoms with Crippen LogP contribution in [-0.2, 0) is 9.59 Å². The lowest BCUT2D eigenvalue weighted by Gasteiger charge is -2.24. The molecule has 170 valence electrons. The molecule has 0 radical (unpaired) electrons. The third kappa shape index (κ3) is 12.9. The first-order valence-corrected chi connectivity index (χ1v) is 12.4. The summed E-state index contributed by atoms with van der Waals surface area (Å²) in [5, 5.41) is 3.00. The molecule has 0 aromatic heterocycles. The minimum atomic E-state index is 0.0846. The predicted molar refractivity (Wildman–Crippen MR) is 122 cm³/mol. The van der Waals surface area contributed by atoms with Gasteiger partial charge in [0.2, 0.25) is 11.8 Å². The smallest absolute Gasteiger partial charge is 0.222 e. The minimum Gasteiger partial charge on any atom is -0.356 e. The highest BCUT2D eigenvalue weighted by Crippen LogP contribution is 2.22. The fourth-order valence-electron chi connectivity index (χ4n) is 4.24. The van der Waals surface area contributed by atoms with E-state index in [2.05, 4.69) is 12.2 Å². The van der Waals surface area contributed by atoms with E-state index in [-0.39, 0.29) is 17.9 Å². The average molecular weight is 410 g/mol. The highest BCUT2D eigenvalue weighted by atomic mass is 16.2. The first kappa shape index (κ1) is 25.9. The van der Waals surface area contributed by atoms with Crippen molar-refractivity contribution in [3.8, 4) is 0 Å². The van der Waals surface area contributed by atoms with E-state index < -0.39 is 0 Å². The van der Waals surface area contributed by atoms with Gasteiger partial charge in [-0.25, -0.2) is 0 Å². The number of likely N-dealkylation sites (tertiary alicyclic amines) is 1. The minimum absolute atomic E-state index is 0.0846. The molecule has 0 saturated carbocycles. The normalized spacial score (nSPS) is 16.3. The largest absolute Gasteiger partial charge is 0.356 e. The van der Waals surface area contributed by atoms with Crippen molar-refractivity contribution >= 4 is 11.8 Å². The predicted octanol–water partition coefficient (Wildman–Crippen LogP) is 4.92. The Kier molecular flexibility index (Phi) is 15.9. The van der Waals surface area contributed by atoms with Crippen LogP contribution in [0.25, 0.3) is 0 Å². The summed E-state index contributed by atoms with van der Waals surface area (Å²) in [7, 11) is 0. The van der Waals surface area contributed by atoms with E-state index in [0.717, 1.165) is 58.0 Å². The van der Waals surface area contributed by atoms with Gasteiger partial charge in [-0.05, 0) is 38.6 Å². The summed E-state index contributed by atoms with van der Waals surface area (Å²) in [6, 6.07) is 0.106. The quantitative estimate of drug-likeness (QED) is 0.315. The van der Waals surface area contributed by atoms with Gasteiger partial charge < -0.3 is 16.0 Å². The molecular formula is C24H47N3O2. The Bertz CT molecular complexity index is 428. The van der Waals surface area contributed by atoms with Crippen LogP contribution < -0.4 is 11.1 Å². The molecular weight excluding hydrogens is 362 g/mol. The van der Waals surface area contributed by atoms with E-state index in [4.69, 9.17) is 5.73 Å². The molecule has 1 atom stereocenters. The number of amides is 2. The number of hydrogen-bond donors (Lipinski definition) is 2. The summed E-state index contributed by atoms with van der Waals surface area (Å²) in [5.41, 5.74) is 5.48. The maximum absolute atomic E-state index is 12.6. The van der Waals surface area contributed by atoms with E-state index in [1.54, 1.807) is 0 Å². The zero-order valence-electron chi connectivity index (χ0n) is 19.1. The molecule has 1 rings (SSSR count). The summed E-state index contributed by atoms with van der Waals surface area (Å²) >= 11 is 0. The highest BCUT2D eigenvalue weighted by Gasteiger charge is 2.29. The number of carbonyl (C=O) groups is 2. The van der Waals surface area contributed by atoms with Crippen molar-refractivity contribution in [2.24, 2.45) is 5.73 Å². The zero-order chi connectivity index (χ0) is 21.2. The SMILES string of the molecule is CCCCCCCCCCCCC(=O)N1CCC[C@@H]1CC(=O)NCCCCCN. The zero-order valence-corrected chi connectivity index (χ0v) is 19.1. The Labute approximate surface area is 179 Å². The fourth-order valence-corrected chi connectivity index (χ4v) is 4.24. The lowest BCUT2D eigenvalue weighted by Crippen LogP contribution is -2.39. The molecule has 3 N–H and O–H groups in total. The van der Waals surface area contributed by atoms with Crippen LogP contribution in [0.4, 0.5) is 0 Å². The Morgan fingerprint density at radius 3 is 2.17 bits per heavy atom. The second kappa shape index (κ2) is 17.7. The van der Waals surface area contributed by atoms with Gasteiger partial charge in [-0.1, -0.05) is 71.1 Å². The van der Waals surface area contributed by atoms with Crippen molar-refractivity contribution in [3.05, 3.63) is 0 Å². The molecule has 0 aromatic carbocycles. The highest BCUT2D eigenvalue weighted by molar-refractivity contribution is 5.80. The lowest BCUT2D eigenvalue weighted by atomic mass is 10.1. The number of nitrogens with one attached hydrogen (secondary N) is 1. The molecule has 0 aromatic rings. The van der Waals surface area contributed by atoms with Crippen LogP contribution in [-0.4, -0.2) is 42.4 Å². The van der Waals surface area contributed by atoms with Gasteiger partial charge in [0.15, 0.2) is 0 Å². The van der Waals surface area contributed by atoms with Gasteiger partial charge >= 0.3 is 0 Å². The Morgan fingerprint density at radius 2 is 1.52 bits per heavy atom. The fraction of sp³-hybridized carbons (Fsp3) is 0.917. The Balaban J connectivity index is 2.08. The lowest BCUT2D eigenvalue weighted by molar-refractivity contribution is -0.133. The van der Waals surface area contributed by atoms with E-state index in [0.29, 0.717) is 19.4 Å². The summed E-state index contributed by atoms with van der Waals surface area (Å²) in [4.78, 5) is 26.7. The standard InChI is InChI=1S/C24H47N3O2/c1-2-3-4-5-6-7-8-9-10-12-17-24(29)27-20-15-16-22(27)21-23(28)26-19-14-11-13-18-25/h22H,2-21,25H2,1H3,(H,26,28)/t22-/m1/s1. The third-order valence-electron chi connectivity index (χ3n) is 6.07. The van der Waals surface area contributed by atoms with Gasteiger partial charge in [0, 0.05) is 32.0 Å². The molecule has 0 aliphatic carbocycles. The summed E-state index contributed by atoms with van der Waals surface area (Å²) in [6.07, 6.45) is 19.0. The summed E-state index contributed by atoms with van der Waals surface area (Å²) in [5.74, 6) is 0.337. The molecule has 1 fully saturated rings. The van der Waals surface area contributed by atoms with Crippen molar-refractivity contribution in [2.75, 3.05) is 19.6 Å². The first-order valence-electron chi connectivity index (χ1n) is 12.4. The average Bonchev–Trinajstić information content (AvgIpc) is 3.17. The molecule has 0 bridgehead atoms. The molecule has 0 unspecified atom stereocenters. The molecule has 1 saturated heterocycles. The van der Waals surface area contributed by atoms with Crippen molar-refractivity contribution in [3.63, 3.8) is 0 Å². The van der Waals surface area contributed by atoms with Crippen LogP contribution >= 0.6 is 0 Å². The Hall–Kier alpha value is -1.10. The first-order chi connectivity index (χ1) is 14.2. The molecule has 2 amide bonds. The molecule has 5 nitrogen and oxygen atoms in total. The molecule has 29 heavy (non-hydrogen) atoms. The topological polar surface area (TPSA) is 75.4 Å². The van der Waals surface area contributed by atoms with Gasteiger partial charge in [-0.15, -0.1) is 0 Å². The van der Waals surface area contributed by atoms with Gasteiger partial charge in [-0.3, -0.25) is 9.59 Å². The number of nitrogens with two attached hydrogens (primary N) is 1. The maximum atomic E-state index is 12.6. The van der Waals surface area contributed by atoms with Crippen LogP contribution in [0.2, 0.25) is 0 Å². The van der Waals surface area contributed by atoms with Gasteiger partial charge in [-0.2, -0.15) is 0 Å². The second-order valence-corrected chi connectivity index (χ2v) is 8.72. The van der Waals surface area contributed by atoms with Crippen molar-refractivity contribution < 1.29 is 9.59 Å².